The van der Waals surface area contributed by atoms with E-state index in [0.29, 0.717) is 11.4 Å². The summed E-state index contributed by atoms with van der Waals surface area (Å²) in [5.74, 6) is -0.928. The zero-order valence-corrected chi connectivity index (χ0v) is 12.7. The first-order valence-electron chi connectivity index (χ1n) is 6.60. The van der Waals surface area contributed by atoms with E-state index in [-0.39, 0.29) is 12.1 Å². The maximum Gasteiger partial charge on any atom is 0.410 e. The standard InChI is InChI=1S/C14H19NO4S/c1-14(2,3)19-13(18)15-8-4-5-9(15)10-6-7-11(20-10)12(16)17/h6-7,9H,4-5,8H2,1-3H3,(H,16,17)/t9-/m1/s1. The molecule has 0 unspecified atom stereocenters. The molecule has 1 saturated heterocycles. The maximum atomic E-state index is 12.2. The summed E-state index contributed by atoms with van der Waals surface area (Å²) in [5.41, 5.74) is -0.522. The molecular weight excluding hydrogens is 278 g/mol. The van der Waals surface area contributed by atoms with Gasteiger partial charge in [0.05, 0.1) is 6.04 Å². The highest BCUT2D eigenvalue weighted by atomic mass is 32.1. The highest BCUT2D eigenvalue weighted by Gasteiger charge is 2.34. The Balaban J connectivity index is 2.14. The molecule has 2 rings (SSSR count). The number of amides is 1. The smallest absolute Gasteiger partial charge is 0.410 e. The third kappa shape index (κ3) is 3.30. The average molecular weight is 297 g/mol. The van der Waals surface area contributed by atoms with Crippen LogP contribution in [0.15, 0.2) is 12.1 Å². The molecule has 0 saturated carbocycles. The van der Waals surface area contributed by atoms with Gasteiger partial charge in [-0.15, -0.1) is 11.3 Å². The third-order valence-electron chi connectivity index (χ3n) is 3.05. The Morgan fingerprint density at radius 1 is 1.40 bits per heavy atom. The molecule has 1 amide bonds. The largest absolute Gasteiger partial charge is 0.477 e. The molecule has 1 N–H and O–H groups in total. The monoisotopic (exact) mass is 297 g/mol. The van der Waals surface area contributed by atoms with Crippen LogP contribution in [-0.4, -0.2) is 34.2 Å². The van der Waals surface area contributed by atoms with Gasteiger partial charge in [-0.25, -0.2) is 9.59 Å². The number of nitrogens with zero attached hydrogens (tertiary/aromatic N) is 1. The second-order valence-corrected chi connectivity index (χ2v) is 6.95. The van der Waals surface area contributed by atoms with Gasteiger partial charge >= 0.3 is 12.1 Å². The van der Waals surface area contributed by atoms with E-state index in [4.69, 9.17) is 9.84 Å². The van der Waals surface area contributed by atoms with Gasteiger partial charge in [-0.1, -0.05) is 0 Å². The van der Waals surface area contributed by atoms with E-state index in [1.54, 1.807) is 17.0 Å². The first-order valence-corrected chi connectivity index (χ1v) is 7.42. The average Bonchev–Trinajstić information content (AvgIpc) is 2.95. The van der Waals surface area contributed by atoms with Crippen molar-refractivity contribution in [3.63, 3.8) is 0 Å². The highest BCUT2D eigenvalue weighted by molar-refractivity contribution is 7.14. The number of hydrogen-bond acceptors (Lipinski definition) is 4. The first kappa shape index (κ1) is 14.8. The van der Waals surface area contributed by atoms with Crippen LogP contribution in [0.4, 0.5) is 4.79 Å². The van der Waals surface area contributed by atoms with Gasteiger partial charge in [0.1, 0.15) is 10.5 Å². The van der Waals surface area contributed by atoms with Crippen molar-refractivity contribution in [2.45, 2.75) is 45.3 Å². The fourth-order valence-electron chi connectivity index (χ4n) is 2.25. The molecule has 110 valence electrons. The quantitative estimate of drug-likeness (QED) is 0.907. The molecule has 5 nitrogen and oxygen atoms in total. The number of hydrogen-bond donors (Lipinski definition) is 1. The predicted octanol–water partition coefficient (Wildman–Crippen LogP) is 3.52. The molecule has 1 aliphatic rings. The van der Waals surface area contributed by atoms with Crippen LogP contribution in [0.1, 0.15) is 54.2 Å². The van der Waals surface area contributed by atoms with E-state index < -0.39 is 11.6 Å². The Hall–Kier alpha value is -1.56. The molecule has 0 aliphatic carbocycles. The minimum Gasteiger partial charge on any atom is -0.477 e. The number of carboxylic acid groups (broad SMARTS) is 1. The molecule has 0 spiro atoms. The van der Waals surface area contributed by atoms with Gasteiger partial charge in [0, 0.05) is 11.4 Å². The third-order valence-corrected chi connectivity index (χ3v) is 4.22. The van der Waals surface area contributed by atoms with E-state index in [9.17, 15) is 9.59 Å². The summed E-state index contributed by atoms with van der Waals surface area (Å²) in [5, 5.41) is 8.97. The van der Waals surface area contributed by atoms with Gasteiger partial charge in [-0.2, -0.15) is 0 Å². The molecule has 20 heavy (non-hydrogen) atoms. The Labute approximate surface area is 122 Å². The van der Waals surface area contributed by atoms with Crippen molar-refractivity contribution < 1.29 is 19.4 Å². The van der Waals surface area contributed by atoms with Crippen LogP contribution in [-0.2, 0) is 4.74 Å². The Morgan fingerprint density at radius 3 is 2.65 bits per heavy atom. The van der Waals surface area contributed by atoms with E-state index in [1.807, 2.05) is 20.8 Å². The molecule has 0 bridgehead atoms. The topological polar surface area (TPSA) is 66.8 Å². The molecule has 1 aromatic rings. The van der Waals surface area contributed by atoms with Gasteiger partial charge in [0.25, 0.3) is 0 Å². The van der Waals surface area contributed by atoms with Crippen molar-refractivity contribution in [3.05, 3.63) is 21.9 Å². The number of ether oxygens (including phenoxy) is 1. The Morgan fingerprint density at radius 2 is 2.10 bits per heavy atom. The van der Waals surface area contributed by atoms with Gasteiger partial charge in [0.2, 0.25) is 0 Å². The second-order valence-electron chi connectivity index (χ2n) is 5.84. The van der Waals surface area contributed by atoms with Crippen molar-refractivity contribution >= 4 is 23.4 Å². The lowest BCUT2D eigenvalue weighted by Gasteiger charge is -2.28. The minimum atomic E-state index is -0.928. The van der Waals surface area contributed by atoms with E-state index in [2.05, 4.69) is 0 Å². The molecule has 1 aromatic heterocycles. The molecule has 2 heterocycles. The zero-order chi connectivity index (χ0) is 14.9. The second kappa shape index (κ2) is 5.44. The Kier molecular flexibility index (Phi) is 4.04. The maximum absolute atomic E-state index is 12.2. The lowest BCUT2D eigenvalue weighted by Crippen LogP contribution is -2.36. The molecule has 0 radical (unpaired) electrons. The van der Waals surface area contributed by atoms with Crippen LogP contribution < -0.4 is 0 Å². The molecular formula is C14H19NO4S. The zero-order valence-electron chi connectivity index (χ0n) is 11.9. The van der Waals surface area contributed by atoms with Gasteiger partial charge < -0.3 is 14.7 Å². The molecule has 6 heteroatoms. The number of rotatable bonds is 2. The number of likely N-dealkylation sites (tertiary alicyclic amines) is 1. The summed E-state index contributed by atoms with van der Waals surface area (Å²) in [6, 6.07) is 3.32. The molecule has 1 fully saturated rings. The van der Waals surface area contributed by atoms with Gasteiger partial charge in [-0.3, -0.25) is 0 Å². The number of carbonyl (C=O) groups is 2. The lowest BCUT2D eigenvalue weighted by atomic mass is 10.2. The van der Waals surface area contributed by atoms with Crippen LogP contribution in [0, 0.1) is 0 Å². The fourth-order valence-corrected chi connectivity index (χ4v) is 3.24. The summed E-state index contributed by atoms with van der Waals surface area (Å²) < 4.78 is 5.40. The summed E-state index contributed by atoms with van der Waals surface area (Å²) in [7, 11) is 0. The van der Waals surface area contributed by atoms with Crippen LogP contribution in [0.3, 0.4) is 0 Å². The molecule has 1 aliphatic heterocycles. The van der Waals surface area contributed by atoms with Crippen molar-refractivity contribution in [1.29, 1.82) is 0 Å². The van der Waals surface area contributed by atoms with Crippen LogP contribution >= 0.6 is 11.3 Å². The molecule has 0 aromatic carbocycles. The van der Waals surface area contributed by atoms with Crippen LogP contribution in [0.5, 0.6) is 0 Å². The predicted molar refractivity (Wildman–Crippen MR) is 76.2 cm³/mol. The summed E-state index contributed by atoms with van der Waals surface area (Å²) in [6.07, 6.45) is 1.42. The Bertz CT molecular complexity index is 517. The van der Waals surface area contributed by atoms with Crippen LogP contribution in [0.2, 0.25) is 0 Å². The van der Waals surface area contributed by atoms with E-state index in [1.165, 1.54) is 11.3 Å². The summed E-state index contributed by atoms with van der Waals surface area (Å²) in [6.45, 7) is 6.16. The van der Waals surface area contributed by atoms with Crippen molar-refractivity contribution in [2.24, 2.45) is 0 Å². The van der Waals surface area contributed by atoms with Crippen molar-refractivity contribution in [1.82, 2.24) is 4.90 Å². The summed E-state index contributed by atoms with van der Waals surface area (Å²) in [4.78, 5) is 26.0. The fraction of sp³-hybridized carbons (Fsp3) is 0.571. The first-order chi connectivity index (χ1) is 9.28. The van der Waals surface area contributed by atoms with E-state index >= 15 is 0 Å². The SMILES string of the molecule is CC(C)(C)OC(=O)N1CCC[C@@H]1c1ccc(C(=O)O)s1. The number of aromatic carboxylic acids is 1. The lowest BCUT2D eigenvalue weighted by molar-refractivity contribution is 0.0227. The highest BCUT2D eigenvalue weighted by Crippen LogP contribution is 2.36. The number of carboxylic acids is 1. The summed E-state index contributed by atoms with van der Waals surface area (Å²) >= 11 is 1.23. The van der Waals surface area contributed by atoms with Crippen LogP contribution in [0.25, 0.3) is 0 Å². The normalized spacial score (nSPS) is 19.1. The van der Waals surface area contributed by atoms with Crippen molar-refractivity contribution in [3.8, 4) is 0 Å². The van der Waals surface area contributed by atoms with E-state index in [0.717, 1.165) is 17.7 Å². The molecule has 1 atom stereocenters. The van der Waals surface area contributed by atoms with Gasteiger partial charge in [0.15, 0.2) is 0 Å². The van der Waals surface area contributed by atoms with Crippen molar-refractivity contribution in [2.75, 3.05) is 6.54 Å². The minimum absolute atomic E-state index is 0.0667. The number of carbonyl (C=O) groups excluding carboxylic acids is 1. The number of thiophene rings is 1. The van der Waals surface area contributed by atoms with Gasteiger partial charge in [-0.05, 0) is 45.7 Å².